The van der Waals surface area contributed by atoms with Crippen LogP contribution in [0, 0.1) is 0 Å². The minimum atomic E-state index is -0.126. The summed E-state index contributed by atoms with van der Waals surface area (Å²) in [6.07, 6.45) is 0.566. The van der Waals surface area contributed by atoms with Crippen LogP contribution in [0.2, 0.25) is 5.02 Å². The lowest BCUT2D eigenvalue weighted by Gasteiger charge is -2.07. The van der Waals surface area contributed by atoms with Crippen LogP contribution in [0.1, 0.15) is 18.0 Å². The highest BCUT2D eigenvalue weighted by Gasteiger charge is 2.09. The fraction of sp³-hybridized carbons (Fsp3) is 0.429. The van der Waals surface area contributed by atoms with Crippen LogP contribution in [-0.2, 0) is 0 Å². The Hall–Kier alpha value is -0.0900. The first-order valence-electron chi connectivity index (χ1n) is 3.33. The largest absolute Gasteiger partial charge is 0.396 e. The molecule has 0 radical (unpaired) electrons. The average Bonchev–Trinajstić information content (AvgIpc) is 2.36. The third-order valence-corrected chi connectivity index (χ3v) is 2.70. The first kappa shape index (κ1) is 9.00. The van der Waals surface area contributed by atoms with Gasteiger partial charge in [0.15, 0.2) is 0 Å². The quantitative estimate of drug-likeness (QED) is 0.765. The van der Waals surface area contributed by atoms with Crippen molar-refractivity contribution >= 4 is 22.9 Å². The van der Waals surface area contributed by atoms with Gasteiger partial charge in [0.1, 0.15) is 0 Å². The summed E-state index contributed by atoms with van der Waals surface area (Å²) >= 11 is 7.35. The molecule has 0 aliphatic heterocycles. The maximum absolute atomic E-state index is 8.61. The van der Waals surface area contributed by atoms with Gasteiger partial charge in [0, 0.05) is 18.0 Å². The Morgan fingerprint density at radius 1 is 1.64 bits per heavy atom. The Balaban J connectivity index is 2.67. The monoisotopic (exact) mass is 191 g/mol. The Morgan fingerprint density at radius 2 is 2.36 bits per heavy atom. The topological polar surface area (TPSA) is 46.2 Å². The molecule has 0 unspecified atom stereocenters. The highest BCUT2D eigenvalue weighted by molar-refractivity contribution is 7.08. The molecule has 4 heteroatoms. The van der Waals surface area contributed by atoms with Crippen molar-refractivity contribution in [3.05, 3.63) is 21.3 Å². The molecule has 3 N–H and O–H groups in total. The predicted octanol–water partition coefficient (Wildman–Crippen LogP) is 1.78. The molecule has 1 rings (SSSR count). The van der Waals surface area contributed by atoms with Crippen LogP contribution >= 0.6 is 22.9 Å². The number of aliphatic hydroxyl groups is 1. The second-order valence-corrected chi connectivity index (χ2v) is 3.44. The van der Waals surface area contributed by atoms with Crippen molar-refractivity contribution < 1.29 is 5.11 Å². The highest BCUT2D eigenvalue weighted by atomic mass is 35.5. The second-order valence-electron chi connectivity index (χ2n) is 2.29. The predicted molar refractivity (Wildman–Crippen MR) is 48.0 cm³/mol. The molecule has 62 valence electrons. The lowest BCUT2D eigenvalue weighted by atomic mass is 10.1. The van der Waals surface area contributed by atoms with Gasteiger partial charge in [-0.15, -0.1) is 0 Å². The fourth-order valence-corrected chi connectivity index (χ4v) is 2.04. The van der Waals surface area contributed by atoms with E-state index in [-0.39, 0.29) is 12.6 Å². The molecule has 1 atom stereocenters. The first-order valence-corrected chi connectivity index (χ1v) is 4.65. The van der Waals surface area contributed by atoms with Crippen LogP contribution < -0.4 is 5.73 Å². The van der Waals surface area contributed by atoms with Gasteiger partial charge in [-0.3, -0.25) is 0 Å². The van der Waals surface area contributed by atoms with Crippen LogP contribution in [-0.4, -0.2) is 11.7 Å². The summed E-state index contributed by atoms with van der Waals surface area (Å²) in [4.78, 5) is 0. The van der Waals surface area contributed by atoms with Crippen molar-refractivity contribution in [2.24, 2.45) is 5.73 Å². The van der Waals surface area contributed by atoms with Gasteiger partial charge in [-0.1, -0.05) is 11.6 Å². The van der Waals surface area contributed by atoms with Gasteiger partial charge in [-0.25, -0.2) is 0 Å². The SMILES string of the molecule is N[C@@H](CCO)c1cscc1Cl. The zero-order valence-electron chi connectivity index (χ0n) is 5.96. The lowest BCUT2D eigenvalue weighted by molar-refractivity contribution is 0.276. The zero-order valence-corrected chi connectivity index (χ0v) is 7.53. The molecular formula is C7H10ClNOS. The molecule has 0 bridgehead atoms. The number of rotatable bonds is 3. The van der Waals surface area contributed by atoms with E-state index < -0.39 is 0 Å². The molecule has 0 aliphatic carbocycles. The Morgan fingerprint density at radius 3 is 2.82 bits per heavy atom. The normalized spacial score (nSPS) is 13.4. The second kappa shape index (κ2) is 4.07. The maximum atomic E-state index is 8.61. The molecule has 1 aromatic rings. The van der Waals surface area contributed by atoms with Crippen molar-refractivity contribution in [1.29, 1.82) is 0 Å². The Kier molecular flexibility index (Phi) is 3.33. The van der Waals surface area contributed by atoms with E-state index in [1.165, 1.54) is 11.3 Å². The molecule has 1 aromatic heterocycles. The van der Waals surface area contributed by atoms with Crippen LogP contribution in [0.25, 0.3) is 0 Å². The number of nitrogens with two attached hydrogens (primary N) is 1. The van der Waals surface area contributed by atoms with E-state index in [0.717, 1.165) is 5.56 Å². The van der Waals surface area contributed by atoms with Crippen molar-refractivity contribution in [1.82, 2.24) is 0 Å². The molecule has 0 aliphatic rings. The minimum absolute atomic E-state index is 0.105. The smallest absolute Gasteiger partial charge is 0.0560 e. The van der Waals surface area contributed by atoms with Gasteiger partial charge in [0.2, 0.25) is 0 Å². The molecule has 0 spiro atoms. The molecular weight excluding hydrogens is 182 g/mol. The number of hydrogen-bond acceptors (Lipinski definition) is 3. The Bertz CT molecular complexity index is 226. The van der Waals surface area contributed by atoms with Crippen molar-refractivity contribution in [3.8, 4) is 0 Å². The lowest BCUT2D eigenvalue weighted by Crippen LogP contribution is -2.11. The standard InChI is InChI=1S/C7H10ClNOS/c8-6-4-11-3-5(6)7(9)1-2-10/h3-4,7,10H,1-2,9H2/t7-/m0/s1. The van der Waals surface area contributed by atoms with Crippen molar-refractivity contribution in [3.63, 3.8) is 0 Å². The number of hydrogen-bond donors (Lipinski definition) is 2. The molecule has 0 saturated carbocycles. The van der Waals surface area contributed by atoms with E-state index in [1.54, 1.807) is 0 Å². The summed E-state index contributed by atoms with van der Waals surface area (Å²) in [5.74, 6) is 0. The van der Waals surface area contributed by atoms with Gasteiger partial charge in [-0.05, 0) is 17.4 Å². The summed E-state index contributed by atoms with van der Waals surface area (Å²) in [5, 5.41) is 13.1. The molecule has 1 heterocycles. The molecule has 0 saturated heterocycles. The summed E-state index contributed by atoms with van der Waals surface area (Å²) in [7, 11) is 0. The van der Waals surface area contributed by atoms with Crippen LogP contribution in [0.15, 0.2) is 10.8 Å². The van der Waals surface area contributed by atoms with Crippen LogP contribution in [0.5, 0.6) is 0 Å². The molecule has 11 heavy (non-hydrogen) atoms. The van der Waals surface area contributed by atoms with Gasteiger partial charge >= 0.3 is 0 Å². The summed E-state index contributed by atoms with van der Waals surface area (Å²) in [6, 6.07) is -0.126. The van der Waals surface area contributed by atoms with Gasteiger partial charge in [0.05, 0.1) is 5.02 Å². The molecule has 0 aromatic carbocycles. The van der Waals surface area contributed by atoms with E-state index in [1.807, 2.05) is 10.8 Å². The molecule has 0 amide bonds. The van der Waals surface area contributed by atoms with Crippen molar-refractivity contribution in [2.75, 3.05) is 6.61 Å². The van der Waals surface area contributed by atoms with Gasteiger partial charge < -0.3 is 10.8 Å². The van der Waals surface area contributed by atoms with Crippen molar-refractivity contribution in [2.45, 2.75) is 12.5 Å². The van der Waals surface area contributed by atoms with E-state index in [2.05, 4.69) is 0 Å². The number of halogens is 1. The summed E-state index contributed by atoms with van der Waals surface area (Å²) < 4.78 is 0. The van der Waals surface area contributed by atoms with E-state index in [4.69, 9.17) is 22.4 Å². The van der Waals surface area contributed by atoms with Gasteiger partial charge in [-0.2, -0.15) is 11.3 Å². The fourth-order valence-electron chi connectivity index (χ4n) is 0.850. The third-order valence-electron chi connectivity index (χ3n) is 1.48. The highest BCUT2D eigenvalue weighted by Crippen LogP contribution is 2.26. The van der Waals surface area contributed by atoms with Crippen LogP contribution in [0.3, 0.4) is 0 Å². The number of thiophene rings is 1. The summed E-state index contributed by atoms with van der Waals surface area (Å²) in [6.45, 7) is 0.105. The molecule has 2 nitrogen and oxygen atoms in total. The minimum Gasteiger partial charge on any atom is -0.396 e. The Labute approximate surface area is 74.6 Å². The van der Waals surface area contributed by atoms with E-state index >= 15 is 0 Å². The average molecular weight is 192 g/mol. The van der Waals surface area contributed by atoms with E-state index in [9.17, 15) is 0 Å². The molecule has 0 fully saturated rings. The number of aliphatic hydroxyl groups excluding tert-OH is 1. The zero-order chi connectivity index (χ0) is 8.27. The van der Waals surface area contributed by atoms with Crippen LogP contribution in [0.4, 0.5) is 0 Å². The van der Waals surface area contributed by atoms with Gasteiger partial charge in [0.25, 0.3) is 0 Å². The first-order chi connectivity index (χ1) is 5.25. The maximum Gasteiger partial charge on any atom is 0.0560 e. The summed E-state index contributed by atoms with van der Waals surface area (Å²) in [5.41, 5.74) is 6.65. The third kappa shape index (κ3) is 2.17. The van der Waals surface area contributed by atoms with E-state index in [0.29, 0.717) is 11.4 Å².